The Hall–Kier alpha value is -3.24. The van der Waals surface area contributed by atoms with Crippen LogP contribution in [0.1, 0.15) is 15.9 Å². The highest BCUT2D eigenvalue weighted by Gasteiger charge is 2.25. The molecule has 0 saturated carbocycles. The molecule has 0 spiro atoms. The average molecular weight is 393 g/mol. The molecule has 0 radical (unpaired) electrons. The van der Waals surface area contributed by atoms with Gasteiger partial charge in [0.2, 0.25) is 0 Å². The molecule has 0 saturated heterocycles. The Morgan fingerprint density at radius 2 is 1.61 bits per heavy atom. The monoisotopic (exact) mass is 392 g/mol. The quantitative estimate of drug-likeness (QED) is 0.391. The van der Waals surface area contributed by atoms with Crippen LogP contribution in [-0.4, -0.2) is 20.0 Å². The van der Waals surface area contributed by atoms with Crippen molar-refractivity contribution in [3.63, 3.8) is 0 Å². The minimum atomic E-state index is -0.161. The van der Waals surface area contributed by atoms with E-state index in [4.69, 9.17) is 25.5 Å². The number of ketones is 1. The van der Waals surface area contributed by atoms with Crippen molar-refractivity contribution in [3.8, 4) is 22.8 Å². The first-order chi connectivity index (χ1) is 13.6. The molecule has 0 aliphatic carbocycles. The minimum absolute atomic E-state index is 0.161. The van der Waals surface area contributed by atoms with Gasteiger partial charge in [0.05, 0.1) is 25.2 Å². The maximum atomic E-state index is 13.4. The van der Waals surface area contributed by atoms with E-state index in [2.05, 4.69) is 0 Å². The lowest BCUT2D eigenvalue weighted by Crippen LogP contribution is -2.03. The van der Waals surface area contributed by atoms with Crippen molar-refractivity contribution in [2.75, 3.05) is 14.2 Å². The highest BCUT2D eigenvalue weighted by atomic mass is 35.5. The topological polar surface area (TPSA) is 48.7 Å². The largest absolute Gasteiger partial charge is 0.497 e. The number of rotatable bonds is 5. The number of furan rings is 1. The van der Waals surface area contributed by atoms with Gasteiger partial charge in [-0.1, -0.05) is 17.7 Å². The molecule has 4 aromatic rings. The van der Waals surface area contributed by atoms with Crippen LogP contribution in [0.5, 0.6) is 11.5 Å². The van der Waals surface area contributed by atoms with Crippen molar-refractivity contribution in [1.29, 1.82) is 0 Å². The Labute approximate surface area is 167 Å². The molecule has 4 rings (SSSR count). The highest BCUT2D eigenvalue weighted by molar-refractivity contribution is 6.30. The lowest BCUT2D eigenvalue weighted by molar-refractivity contribution is 0.104. The summed E-state index contributed by atoms with van der Waals surface area (Å²) in [6, 6.07) is 19.7. The first-order valence-corrected chi connectivity index (χ1v) is 9.04. The molecule has 28 heavy (non-hydrogen) atoms. The van der Waals surface area contributed by atoms with Crippen LogP contribution in [0.3, 0.4) is 0 Å². The fourth-order valence-corrected chi connectivity index (χ4v) is 3.32. The molecule has 0 amide bonds. The summed E-state index contributed by atoms with van der Waals surface area (Å²) >= 11 is 5.98. The predicted molar refractivity (Wildman–Crippen MR) is 110 cm³/mol. The van der Waals surface area contributed by atoms with Crippen LogP contribution in [0.2, 0.25) is 5.02 Å². The zero-order valence-electron chi connectivity index (χ0n) is 15.4. The maximum Gasteiger partial charge on any atom is 0.197 e. The van der Waals surface area contributed by atoms with Crippen LogP contribution < -0.4 is 9.47 Å². The molecular formula is C23H17ClO4. The van der Waals surface area contributed by atoms with Gasteiger partial charge in [0.15, 0.2) is 5.78 Å². The smallest absolute Gasteiger partial charge is 0.197 e. The SMILES string of the molecule is COc1ccc(-c2oc3cccc(OC)c3c2C(=O)c2ccc(Cl)cc2)cc1. The van der Waals surface area contributed by atoms with Crippen molar-refractivity contribution in [2.24, 2.45) is 0 Å². The fourth-order valence-electron chi connectivity index (χ4n) is 3.19. The van der Waals surface area contributed by atoms with E-state index >= 15 is 0 Å². The lowest BCUT2D eigenvalue weighted by Gasteiger charge is -2.06. The number of carbonyl (C=O) groups excluding carboxylic acids is 1. The van der Waals surface area contributed by atoms with Crippen molar-refractivity contribution in [3.05, 3.63) is 82.9 Å². The van der Waals surface area contributed by atoms with Gasteiger partial charge < -0.3 is 13.9 Å². The van der Waals surface area contributed by atoms with Crippen LogP contribution in [0.25, 0.3) is 22.3 Å². The van der Waals surface area contributed by atoms with Gasteiger partial charge in [-0.05, 0) is 60.7 Å². The second-order valence-electron chi connectivity index (χ2n) is 6.20. The van der Waals surface area contributed by atoms with Crippen LogP contribution >= 0.6 is 11.6 Å². The Bertz CT molecular complexity index is 1140. The molecule has 1 aromatic heterocycles. The van der Waals surface area contributed by atoms with E-state index in [1.807, 2.05) is 42.5 Å². The summed E-state index contributed by atoms with van der Waals surface area (Å²) in [5, 5.41) is 1.22. The van der Waals surface area contributed by atoms with Gasteiger partial charge in [0.1, 0.15) is 22.8 Å². The molecule has 3 aromatic carbocycles. The second-order valence-corrected chi connectivity index (χ2v) is 6.64. The maximum absolute atomic E-state index is 13.4. The van der Waals surface area contributed by atoms with E-state index < -0.39 is 0 Å². The lowest BCUT2D eigenvalue weighted by atomic mass is 9.97. The molecule has 0 atom stereocenters. The summed E-state index contributed by atoms with van der Waals surface area (Å²) in [5.74, 6) is 1.63. The number of methoxy groups -OCH3 is 2. The van der Waals surface area contributed by atoms with E-state index in [1.54, 1.807) is 38.5 Å². The predicted octanol–water partition coefficient (Wildman–Crippen LogP) is 6.00. The van der Waals surface area contributed by atoms with Crippen LogP contribution in [0.4, 0.5) is 0 Å². The van der Waals surface area contributed by atoms with Gasteiger partial charge in [-0.15, -0.1) is 0 Å². The van der Waals surface area contributed by atoms with Crippen LogP contribution in [0.15, 0.2) is 71.1 Å². The standard InChI is InChI=1S/C23H17ClO4/c1-26-17-12-8-15(9-13-17)23-21(22(25)14-6-10-16(24)11-7-14)20-18(27-2)4-3-5-19(20)28-23/h3-13H,1-2H3. The molecule has 4 nitrogen and oxygen atoms in total. The van der Waals surface area contributed by atoms with E-state index in [1.165, 1.54) is 0 Å². The normalized spacial score (nSPS) is 10.8. The zero-order chi connectivity index (χ0) is 19.7. The molecule has 5 heteroatoms. The number of ether oxygens (including phenoxy) is 2. The molecular weight excluding hydrogens is 376 g/mol. The van der Waals surface area contributed by atoms with E-state index in [0.717, 1.165) is 11.3 Å². The second kappa shape index (κ2) is 7.41. The van der Waals surface area contributed by atoms with Crippen LogP contribution in [0, 0.1) is 0 Å². The molecule has 0 aliphatic heterocycles. The first-order valence-electron chi connectivity index (χ1n) is 8.66. The number of fused-ring (bicyclic) bond motifs is 1. The molecule has 0 fully saturated rings. The third-order valence-electron chi connectivity index (χ3n) is 4.58. The highest BCUT2D eigenvalue weighted by Crippen LogP contribution is 2.40. The summed E-state index contributed by atoms with van der Waals surface area (Å²) in [5.41, 5.74) is 2.34. The number of hydrogen-bond donors (Lipinski definition) is 0. The molecule has 0 aliphatic rings. The van der Waals surface area contributed by atoms with Gasteiger partial charge in [-0.3, -0.25) is 4.79 Å². The summed E-state index contributed by atoms with van der Waals surface area (Å²) in [4.78, 5) is 13.4. The van der Waals surface area contributed by atoms with Crippen molar-refractivity contribution in [2.45, 2.75) is 0 Å². The van der Waals surface area contributed by atoms with Crippen molar-refractivity contribution < 1.29 is 18.7 Å². The van der Waals surface area contributed by atoms with E-state index in [0.29, 0.717) is 38.6 Å². The number of benzene rings is 3. The van der Waals surface area contributed by atoms with E-state index in [-0.39, 0.29) is 5.78 Å². The molecule has 1 heterocycles. The Morgan fingerprint density at radius 1 is 0.893 bits per heavy atom. The summed E-state index contributed by atoms with van der Waals surface area (Å²) in [7, 11) is 3.18. The number of carbonyl (C=O) groups is 1. The molecule has 0 N–H and O–H groups in total. The third-order valence-corrected chi connectivity index (χ3v) is 4.83. The van der Waals surface area contributed by atoms with Gasteiger partial charge in [-0.25, -0.2) is 0 Å². The van der Waals surface area contributed by atoms with Gasteiger partial charge in [0, 0.05) is 16.1 Å². The van der Waals surface area contributed by atoms with Gasteiger partial charge in [-0.2, -0.15) is 0 Å². The fraction of sp³-hybridized carbons (Fsp3) is 0.0870. The Morgan fingerprint density at radius 3 is 2.25 bits per heavy atom. The number of halogens is 1. The summed E-state index contributed by atoms with van der Waals surface area (Å²) in [6.45, 7) is 0. The van der Waals surface area contributed by atoms with Crippen molar-refractivity contribution >= 4 is 28.4 Å². The van der Waals surface area contributed by atoms with Gasteiger partial charge in [0.25, 0.3) is 0 Å². The summed E-state index contributed by atoms with van der Waals surface area (Å²) in [6.07, 6.45) is 0. The summed E-state index contributed by atoms with van der Waals surface area (Å²) < 4.78 is 16.8. The first kappa shape index (κ1) is 18.1. The Kier molecular flexibility index (Phi) is 4.80. The van der Waals surface area contributed by atoms with Crippen molar-refractivity contribution in [1.82, 2.24) is 0 Å². The average Bonchev–Trinajstić information content (AvgIpc) is 3.13. The molecule has 140 valence electrons. The molecule has 0 unspecified atom stereocenters. The number of hydrogen-bond acceptors (Lipinski definition) is 4. The van der Waals surface area contributed by atoms with Crippen LogP contribution in [-0.2, 0) is 0 Å². The Balaban J connectivity index is 1.97. The minimum Gasteiger partial charge on any atom is -0.497 e. The van der Waals surface area contributed by atoms with E-state index in [9.17, 15) is 4.79 Å². The molecule has 0 bridgehead atoms. The van der Waals surface area contributed by atoms with Gasteiger partial charge >= 0.3 is 0 Å². The third kappa shape index (κ3) is 3.12. The zero-order valence-corrected chi connectivity index (χ0v) is 16.1.